The van der Waals surface area contributed by atoms with Crippen LogP contribution in [0.3, 0.4) is 0 Å². The third-order valence-electron chi connectivity index (χ3n) is 18.0. The lowest BCUT2D eigenvalue weighted by molar-refractivity contribution is -0.870. The van der Waals surface area contributed by atoms with E-state index in [1.165, 1.54) is 238 Å². The van der Waals surface area contributed by atoms with Gasteiger partial charge in [-0.1, -0.05) is 379 Å². The van der Waals surface area contributed by atoms with Gasteiger partial charge in [-0.2, -0.15) is 0 Å². The number of esters is 2. The lowest BCUT2D eigenvalue weighted by Crippen LogP contribution is -2.37. The van der Waals surface area contributed by atoms with E-state index in [2.05, 4.69) is 135 Å². The summed E-state index contributed by atoms with van der Waals surface area (Å²) >= 11 is 0. The number of allylic oxidation sites excluding steroid dienone is 20. The number of ether oxygens (including phenoxy) is 2. The molecule has 9 nitrogen and oxygen atoms in total. The number of likely N-dealkylation sites (N-methyl/N-ethyl adjacent to an activating group) is 1. The van der Waals surface area contributed by atoms with Crippen molar-refractivity contribution >= 4 is 19.8 Å². The summed E-state index contributed by atoms with van der Waals surface area (Å²) in [6.07, 6.45) is 112. The Morgan fingerprint density at radius 1 is 0.316 bits per heavy atom. The Bertz CT molecular complexity index is 2070. The van der Waals surface area contributed by atoms with Crippen molar-refractivity contribution in [1.82, 2.24) is 0 Å². The predicted molar refractivity (Wildman–Crippen MR) is 425 cm³/mol. The average Bonchev–Trinajstić information content (AvgIpc) is 1.08. The number of phosphoric acid groups is 1. The summed E-state index contributed by atoms with van der Waals surface area (Å²) < 4.78 is 34.4. The van der Waals surface area contributed by atoms with Gasteiger partial charge in [0.25, 0.3) is 7.82 Å². The van der Waals surface area contributed by atoms with Gasteiger partial charge in [0.05, 0.1) is 27.7 Å². The molecule has 0 spiro atoms. The zero-order chi connectivity index (χ0) is 71.1. The van der Waals surface area contributed by atoms with Gasteiger partial charge in [-0.15, -0.1) is 0 Å². The summed E-state index contributed by atoms with van der Waals surface area (Å²) in [6, 6.07) is 0. The van der Waals surface area contributed by atoms with Crippen LogP contribution in [-0.2, 0) is 32.7 Å². The van der Waals surface area contributed by atoms with Crippen molar-refractivity contribution in [3.63, 3.8) is 0 Å². The zero-order valence-corrected chi connectivity index (χ0v) is 65.6. The number of rotatable bonds is 76. The van der Waals surface area contributed by atoms with E-state index in [1.807, 2.05) is 21.1 Å². The minimum Gasteiger partial charge on any atom is -0.756 e. The average molecular weight is 1390 g/mol. The third kappa shape index (κ3) is 81.4. The summed E-state index contributed by atoms with van der Waals surface area (Å²) in [7, 11) is 1.18. The number of nitrogens with zero attached hydrogens (tertiary/aromatic N) is 1. The second kappa shape index (κ2) is 77.6. The Hall–Kier alpha value is -3.59. The van der Waals surface area contributed by atoms with Crippen LogP contribution < -0.4 is 4.89 Å². The highest BCUT2D eigenvalue weighted by Crippen LogP contribution is 2.38. The van der Waals surface area contributed by atoms with Crippen molar-refractivity contribution in [2.24, 2.45) is 0 Å². The summed E-state index contributed by atoms with van der Waals surface area (Å²) in [5.41, 5.74) is 0. The number of quaternary nitrogens is 1. The van der Waals surface area contributed by atoms with Gasteiger partial charge in [-0.25, -0.2) is 0 Å². The standard InChI is InChI=1S/C88H156NO8P/c1-6-8-10-12-14-16-18-20-22-24-26-28-30-32-34-36-38-40-41-42-43-44-45-46-47-49-51-53-55-57-59-61-63-65-67-69-71-73-75-77-79-81-88(91)97-86(85-96-98(92,93)95-83-82-89(3,4)5)84-94-87(90)80-78-76-74-72-70-68-66-64-62-60-58-56-54-52-50-48-39-37-35-33-31-29-27-25-23-21-19-17-15-13-11-9-7-2/h8-11,14-17,20-23,26-29,32,34,38,40,86H,6-7,12-13,18-19,24-25,30-31,33,35-37,39,41-85H2,1-5H3/b10-8-,11-9-,16-14-,17-15-,22-20-,23-21-,28-26-,29-27-,34-32-,40-38-. The Balaban J connectivity index is 3.91. The summed E-state index contributed by atoms with van der Waals surface area (Å²) in [6.45, 7) is 4.06. The second-order valence-electron chi connectivity index (χ2n) is 28.7. The molecular weight excluding hydrogens is 1230 g/mol. The highest BCUT2D eigenvalue weighted by atomic mass is 31.2. The maximum absolute atomic E-state index is 12.9. The molecule has 0 N–H and O–H groups in total. The van der Waals surface area contributed by atoms with Crippen LogP contribution >= 0.6 is 7.82 Å². The van der Waals surface area contributed by atoms with Crippen LogP contribution in [0.1, 0.15) is 373 Å². The monoisotopic (exact) mass is 1390 g/mol. The quantitative estimate of drug-likeness (QED) is 0.0195. The topological polar surface area (TPSA) is 111 Å². The van der Waals surface area contributed by atoms with Gasteiger partial charge in [0.15, 0.2) is 6.10 Å². The van der Waals surface area contributed by atoms with Crippen LogP contribution in [0.15, 0.2) is 122 Å². The molecule has 0 saturated heterocycles. The Labute approximate surface area is 607 Å². The SMILES string of the molecule is CC/C=C\C/C=C\C/C=C\C/C=C\C/C=C\C/C=C\CCCCCCCCCCCCCCCCCCCCCCCCC(=O)OC(COC(=O)CCCCCCCCCCCCCCCCCCCCCC/C=C\C/C=C\C/C=C\C/C=C\CC)COP(=O)([O-])OCC[N+](C)(C)C. The molecule has 2 atom stereocenters. The van der Waals surface area contributed by atoms with Crippen molar-refractivity contribution in [2.75, 3.05) is 47.5 Å². The Kier molecular flexibility index (Phi) is 74.7. The van der Waals surface area contributed by atoms with Gasteiger partial charge < -0.3 is 27.9 Å². The van der Waals surface area contributed by atoms with Crippen molar-refractivity contribution in [2.45, 2.75) is 380 Å². The molecule has 2 unspecified atom stereocenters. The molecule has 0 bridgehead atoms. The number of carbonyl (C=O) groups excluding carboxylic acids is 2. The molecule has 10 heteroatoms. The molecular formula is C88H156NO8P. The van der Waals surface area contributed by atoms with Crippen molar-refractivity contribution in [1.29, 1.82) is 0 Å². The minimum absolute atomic E-state index is 0.0313. The summed E-state index contributed by atoms with van der Waals surface area (Å²) in [5.74, 6) is -0.816. The minimum atomic E-state index is -4.65. The molecule has 0 aromatic carbocycles. The van der Waals surface area contributed by atoms with Crippen LogP contribution in [0.4, 0.5) is 0 Å². The molecule has 0 amide bonds. The number of hydrogen-bond acceptors (Lipinski definition) is 8. The highest BCUT2D eigenvalue weighted by Gasteiger charge is 2.22. The van der Waals surface area contributed by atoms with Gasteiger partial charge >= 0.3 is 11.9 Å². The first kappa shape index (κ1) is 94.4. The number of phosphoric ester groups is 1. The summed E-state index contributed by atoms with van der Waals surface area (Å²) in [4.78, 5) is 38.2. The van der Waals surface area contributed by atoms with E-state index in [9.17, 15) is 19.0 Å². The van der Waals surface area contributed by atoms with E-state index in [-0.39, 0.29) is 32.0 Å². The number of carbonyl (C=O) groups is 2. The molecule has 0 aliphatic carbocycles. The zero-order valence-electron chi connectivity index (χ0n) is 64.7. The van der Waals surface area contributed by atoms with Crippen LogP contribution in [0.5, 0.6) is 0 Å². The smallest absolute Gasteiger partial charge is 0.306 e. The fraction of sp³-hybridized carbons (Fsp3) is 0.750. The maximum Gasteiger partial charge on any atom is 0.306 e. The Morgan fingerprint density at radius 3 is 0.816 bits per heavy atom. The first-order valence-corrected chi connectivity index (χ1v) is 42.7. The van der Waals surface area contributed by atoms with E-state index < -0.39 is 26.5 Å². The van der Waals surface area contributed by atoms with Gasteiger partial charge in [0.2, 0.25) is 0 Å². The highest BCUT2D eigenvalue weighted by molar-refractivity contribution is 7.45. The second-order valence-corrected chi connectivity index (χ2v) is 30.1. The van der Waals surface area contributed by atoms with E-state index in [4.69, 9.17) is 18.5 Å². The molecule has 0 fully saturated rings. The fourth-order valence-corrected chi connectivity index (χ4v) is 12.5. The van der Waals surface area contributed by atoms with Gasteiger partial charge in [-0.3, -0.25) is 14.2 Å². The van der Waals surface area contributed by atoms with E-state index in [0.29, 0.717) is 17.4 Å². The molecule has 0 radical (unpaired) electrons. The van der Waals surface area contributed by atoms with Crippen LogP contribution in [0.25, 0.3) is 0 Å². The van der Waals surface area contributed by atoms with Crippen molar-refractivity contribution in [3.05, 3.63) is 122 Å². The largest absolute Gasteiger partial charge is 0.756 e. The summed E-state index contributed by atoms with van der Waals surface area (Å²) in [5, 5.41) is 0. The number of hydrogen-bond donors (Lipinski definition) is 0. The predicted octanol–water partition coefficient (Wildman–Crippen LogP) is 27.1. The maximum atomic E-state index is 12.9. The molecule has 0 heterocycles. The van der Waals surface area contributed by atoms with Crippen molar-refractivity contribution in [3.8, 4) is 0 Å². The molecule has 0 aromatic rings. The number of unbranched alkanes of at least 4 members (excludes halogenated alkanes) is 42. The van der Waals surface area contributed by atoms with Gasteiger partial charge in [-0.05, 0) is 103 Å². The van der Waals surface area contributed by atoms with Gasteiger partial charge in [0, 0.05) is 12.8 Å². The lowest BCUT2D eigenvalue weighted by Gasteiger charge is -2.28. The molecule has 0 aliphatic rings. The molecule has 0 saturated carbocycles. The molecule has 98 heavy (non-hydrogen) atoms. The van der Waals surface area contributed by atoms with Gasteiger partial charge in [0.1, 0.15) is 19.8 Å². The third-order valence-corrected chi connectivity index (χ3v) is 18.9. The lowest BCUT2D eigenvalue weighted by atomic mass is 10.0. The Morgan fingerprint density at radius 2 is 0.551 bits per heavy atom. The van der Waals surface area contributed by atoms with E-state index in [0.717, 1.165) is 103 Å². The van der Waals surface area contributed by atoms with Crippen LogP contribution in [0.2, 0.25) is 0 Å². The first-order valence-electron chi connectivity index (χ1n) is 41.2. The van der Waals surface area contributed by atoms with Crippen molar-refractivity contribution < 1.29 is 42.1 Å². The fourth-order valence-electron chi connectivity index (χ4n) is 11.8. The van der Waals surface area contributed by atoms with Crippen LogP contribution in [0, 0.1) is 0 Å². The molecule has 0 aliphatic heterocycles. The van der Waals surface area contributed by atoms with E-state index >= 15 is 0 Å². The van der Waals surface area contributed by atoms with Crippen LogP contribution in [-0.4, -0.2) is 70.0 Å². The van der Waals surface area contributed by atoms with E-state index in [1.54, 1.807) is 0 Å². The normalized spacial score (nSPS) is 13.7. The molecule has 0 aromatic heterocycles. The molecule has 566 valence electrons. The molecule has 0 rings (SSSR count). The first-order chi connectivity index (χ1) is 48.0.